The number of piperazine rings is 1. The van der Waals surface area contributed by atoms with Crippen molar-refractivity contribution in [3.63, 3.8) is 0 Å². The monoisotopic (exact) mass is 207 g/mol. The number of likely N-dealkylation sites (N-methyl/N-ethyl adjacent to an activating group) is 1. The van der Waals surface area contributed by atoms with Crippen LogP contribution in [0.2, 0.25) is 0 Å². The number of carbonyl (C=O) groups excluding carboxylic acids is 1. The van der Waals surface area contributed by atoms with Crippen LogP contribution >= 0.6 is 0 Å². The van der Waals surface area contributed by atoms with Crippen LogP contribution in [0.4, 0.5) is 0 Å². The molecule has 1 aliphatic heterocycles. The van der Waals surface area contributed by atoms with E-state index in [1.165, 1.54) is 0 Å². The second-order valence-corrected chi connectivity index (χ2v) is 3.81. The molecule has 2 rings (SSSR count). The van der Waals surface area contributed by atoms with E-state index in [1.807, 2.05) is 17.0 Å². The van der Waals surface area contributed by atoms with Crippen molar-refractivity contribution in [2.45, 2.75) is 6.92 Å². The van der Waals surface area contributed by atoms with Gasteiger partial charge in [-0.15, -0.1) is 0 Å². The van der Waals surface area contributed by atoms with Crippen LogP contribution < -0.4 is 0 Å². The maximum absolute atomic E-state index is 11.9. The normalized spacial score (nSPS) is 18.1. The fourth-order valence-electron chi connectivity index (χ4n) is 1.90. The smallest absolute Gasteiger partial charge is 0.270 e. The molecule has 1 aromatic rings. The van der Waals surface area contributed by atoms with E-state index in [-0.39, 0.29) is 5.91 Å². The van der Waals surface area contributed by atoms with E-state index in [0.717, 1.165) is 32.7 Å². The van der Waals surface area contributed by atoms with Gasteiger partial charge in [0, 0.05) is 32.4 Å². The van der Waals surface area contributed by atoms with Gasteiger partial charge in [-0.25, -0.2) is 0 Å². The number of hydrogen-bond donors (Lipinski definition) is 1. The summed E-state index contributed by atoms with van der Waals surface area (Å²) in [6.45, 7) is 6.89. The lowest BCUT2D eigenvalue weighted by Crippen LogP contribution is -2.48. The van der Waals surface area contributed by atoms with Crippen LogP contribution in [0.3, 0.4) is 0 Å². The zero-order chi connectivity index (χ0) is 10.7. The summed E-state index contributed by atoms with van der Waals surface area (Å²) in [6.07, 6.45) is 1.79. The molecule has 1 saturated heterocycles. The summed E-state index contributed by atoms with van der Waals surface area (Å²) in [5.74, 6) is 0.121. The van der Waals surface area contributed by atoms with E-state index < -0.39 is 0 Å². The molecule has 0 bridgehead atoms. The fourth-order valence-corrected chi connectivity index (χ4v) is 1.90. The molecule has 1 aromatic heterocycles. The van der Waals surface area contributed by atoms with Gasteiger partial charge in [0.1, 0.15) is 5.69 Å². The van der Waals surface area contributed by atoms with Gasteiger partial charge in [-0.1, -0.05) is 6.92 Å². The van der Waals surface area contributed by atoms with Crippen molar-refractivity contribution in [1.29, 1.82) is 0 Å². The summed E-state index contributed by atoms with van der Waals surface area (Å²) < 4.78 is 0. The molecule has 1 amide bonds. The minimum atomic E-state index is 0.121. The first-order valence-corrected chi connectivity index (χ1v) is 5.46. The highest BCUT2D eigenvalue weighted by Gasteiger charge is 2.21. The van der Waals surface area contributed by atoms with Gasteiger partial charge < -0.3 is 14.8 Å². The summed E-state index contributed by atoms with van der Waals surface area (Å²) in [5, 5.41) is 0. The Hall–Kier alpha value is -1.29. The van der Waals surface area contributed by atoms with Gasteiger partial charge in [0.25, 0.3) is 5.91 Å². The van der Waals surface area contributed by atoms with Crippen molar-refractivity contribution < 1.29 is 4.79 Å². The predicted molar refractivity (Wildman–Crippen MR) is 58.8 cm³/mol. The van der Waals surface area contributed by atoms with E-state index in [4.69, 9.17) is 0 Å². The van der Waals surface area contributed by atoms with Crippen molar-refractivity contribution in [3.05, 3.63) is 24.0 Å². The molecule has 0 radical (unpaired) electrons. The van der Waals surface area contributed by atoms with E-state index in [9.17, 15) is 4.79 Å². The Kier molecular flexibility index (Phi) is 3.06. The van der Waals surface area contributed by atoms with Crippen LogP contribution in [0.1, 0.15) is 17.4 Å². The molecule has 4 heteroatoms. The third kappa shape index (κ3) is 2.21. The molecule has 0 aromatic carbocycles. The summed E-state index contributed by atoms with van der Waals surface area (Å²) in [6, 6.07) is 3.68. The molecule has 15 heavy (non-hydrogen) atoms. The molecule has 82 valence electrons. The first-order valence-electron chi connectivity index (χ1n) is 5.46. The molecule has 1 N–H and O–H groups in total. The van der Waals surface area contributed by atoms with Gasteiger partial charge >= 0.3 is 0 Å². The number of aromatic nitrogens is 1. The molecule has 1 fully saturated rings. The summed E-state index contributed by atoms with van der Waals surface area (Å²) in [4.78, 5) is 19.2. The fraction of sp³-hybridized carbons (Fsp3) is 0.545. The molecule has 4 nitrogen and oxygen atoms in total. The Labute approximate surface area is 89.9 Å². The maximum Gasteiger partial charge on any atom is 0.270 e. The molecule has 0 aliphatic carbocycles. The van der Waals surface area contributed by atoms with Gasteiger partial charge in [-0.05, 0) is 18.7 Å². The Morgan fingerprint density at radius 1 is 1.40 bits per heavy atom. The Balaban J connectivity index is 1.93. The predicted octanol–water partition coefficient (Wildman–Crippen LogP) is 0.792. The second-order valence-electron chi connectivity index (χ2n) is 3.81. The van der Waals surface area contributed by atoms with Crippen molar-refractivity contribution >= 4 is 5.91 Å². The minimum Gasteiger partial charge on any atom is -0.357 e. The Bertz CT molecular complexity index is 313. The van der Waals surface area contributed by atoms with Crippen LogP contribution in [0.15, 0.2) is 18.3 Å². The SMILES string of the molecule is CCN1CCN(C(=O)c2ccc[nH]2)CC1. The van der Waals surface area contributed by atoms with Gasteiger partial charge in [0.15, 0.2) is 0 Å². The van der Waals surface area contributed by atoms with Crippen LogP contribution in [0.5, 0.6) is 0 Å². The van der Waals surface area contributed by atoms with Gasteiger partial charge in [0.2, 0.25) is 0 Å². The number of amides is 1. The summed E-state index contributed by atoms with van der Waals surface area (Å²) in [5.41, 5.74) is 0.694. The molecule has 0 saturated carbocycles. The number of aromatic amines is 1. The van der Waals surface area contributed by atoms with Gasteiger partial charge in [-0.2, -0.15) is 0 Å². The maximum atomic E-state index is 11.9. The van der Waals surface area contributed by atoms with Crippen LogP contribution in [0, 0.1) is 0 Å². The summed E-state index contributed by atoms with van der Waals surface area (Å²) >= 11 is 0. The number of hydrogen-bond acceptors (Lipinski definition) is 2. The lowest BCUT2D eigenvalue weighted by molar-refractivity contribution is 0.0638. The Morgan fingerprint density at radius 3 is 2.67 bits per heavy atom. The highest BCUT2D eigenvalue weighted by molar-refractivity contribution is 5.92. The molecule has 2 heterocycles. The number of rotatable bonds is 2. The largest absolute Gasteiger partial charge is 0.357 e. The van der Waals surface area contributed by atoms with E-state index in [0.29, 0.717) is 5.69 Å². The molecule has 0 atom stereocenters. The molecule has 0 unspecified atom stereocenters. The van der Waals surface area contributed by atoms with Crippen molar-refractivity contribution in [2.75, 3.05) is 32.7 Å². The third-order valence-electron chi connectivity index (χ3n) is 2.94. The minimum absolute atomic E-state index is 0.121. The van der Waals surface area contributed by atoms with Crippen molar-refractivity contribution in [3.8, 4) is 0 Å². The molecule has 1 aliphatic rings. The van der Waals surface area contributed by atoms with Crippen LogP contribution in [-0.4, -0.2) is 53.4 Å². The Morgan fingerprint density at radius 2 is 2.13 bits per heavy atom. The highest BCUT2D eigenvalue weighted by Crippen LogP contribution is 2.06. The van der Waals surface area contributed by atoms with E-state index >= 15 is 0 Å². The third-order valence-corrected chi connectivity index (χ3v) is 2.94. The first-order chi connectivity index (χ1) is 7.31. The molecule has 0 spiro atoms. The quantitative estimate of drug-likeness (QED) is 0.779. The highest BCUT2D eigenvalue weighted by atomic mass is 16.2. The average Bonchev–Trinajstić information content (AvgIpc) is 2.82. The molecular formula is C11H17N3O. The zero-order valence-corrected chi connectivity index (χ0v) is 9.07. The standard InChI is InChI=1S/C11H17N3O/c1-2-13-6-8-14(9-7-13)11(15)10-4-3-5-12-10/h3-5,12H,2,6-9H2,1H3. The number of nitrogens with one attached hydrogen (secondary N) is 1. The lowest BCUT2D eigenvalue weighted by atomic mass is 10.3. The van der Waals surface area contributed by atoms with Crippen molar-refractivity contribution in [2.24, 2.45) is 0 Å². The zero-order valence-electron chi connectivity index (χ0n) is 9.07. The van der Waals surface area contributed by atoms with Gasteiger partial charge in [-0.3, -0.25) is 4.79 Å². The second kappa shape index (κ2) is 4.49. The lowest BCUT2D eigenvalue weighted by Gasteiger charge is -2.33. The van der Waals surface area contributed by atoms with E-state index in [1.54, 1.807) is 6.20 Å². The van der Waals surface area contributed by atoms with Crippen molar-refractivity contribution in [1.82, 2.24) is 14.8 Å². The van der Waals surface area contributed by atoms with E-state index in [2.05, 4.69) is 16.8 Å². The number of nitrogens with zero attached hydrogens (tertiary/aromatic N) is 2. The van der Waals surface area contributed by atoms with Gasteiger partial charge in [0.05, 0.1) is 0 Å². The number of H-pyrrole nitrogens is 1. The summed E-state index contributed by atoms with van der Waals surface area (Å²) in [7, 11) is 0. The first kappa shape index (κ1) is 10.2. The average molecular weight is 207 g/mol. The van der Waals surface area contributed by atoms with Crippen LogP contribution in [-0.2, 0) is 0 Å². The molecular weight excluding hydrogens is 190 g/mol. The topological polar surface area (TPSA) is 39.3 Å². The number of carbonyl (C=O) groups is 1. The van der Waals surface area contributed by atoms with Crippen LogP contribution in [0.25, 0.3) is 0 Å².